The zero-order chi connectivity index (χ0) is 30.7. The first-order chi connectivity index (χ1) is 20.6. The summed E-state index contributed by atoms with van der Waals surface area (Å²) in [7, 11) is 3.95. The summed E-state index contributed by atoms with van der Waals surface area (Å²) in [5.74, 6) is -1.41. The zero-order valence-electron chi connectivity index (χ0n) is 24.9. The fourth-order valence-corrected chi connectivity index (χ4v) is 5.65. The van der Waals surface area contributed by atoms with E-state index in [9.17, 15) is 18.8 Å². The lowest BCUT2D eigenvalue weighted by atomic mass is 9.92. The summed E-state index contributed by atoms with van der Waals surface area (Å²) < 4.78 is 13.6. The van der Waals surface area contributed by atoms with Crippen LogP contribution in [0.5, 0.6) is 0 Å². The van der Waals surface area contributed by atoms with Crippen LogP contribution in [-0.2, 0) is 16.1 Å². The topological polar surface area (TPSA) is 101 Å². The molecule has 0 saturated carbocycles. The van der Waals surface area contributed by atoms with Crippen molar-refractivity contribution in [2.24, 2.45) is 0 Å². The van der Waals surface area contributed by atoms with Crippen LogP contribution in [0.3, 0.4) is 0 Å². The Kier molecular flexibility index (Phi) is 8.77. The molecule has 5 rings (SSSR count). The van der Waals surface area contributed by atoms with Gasteiger partial charge < -0.3 is 30.3 Å². The van der Waals surface area contributed by atoms with Gasteiger partial charge in [0.05, 0.1) is 0 Å². The molecule has 0 unspecified atom stereocenters. The predicted octanol–water partition coefficient (Wildman–Crippen LogP) is 4.85. The second-order valence-electron chi connectivity index (χ2n) is 11.3. The summed E-state index contributed by atoms with van der Waals surface area (Å²) in [5.41, 5.74) is 4.77. The maximum atomic E-state index is 13.8. The van der Waals surface area contributed by atoms with Crippen LogP contribution in [-0.4, -0.2) is 72.4 Å². The first kappa shape index (κ1) is 29.8. The molecule has 0 spiro atoms. The number of aryl methyl sites for hydroxylation is 1. The van der Waals surface area contributed by atoms with Gasteiger partial charge in [0.2, 0.25) is 11.8 Å². The molecule has 0 bridgehead atoms. The highest BCUT2D eigenvalue weighted by Gasteiger charge is 2.34. The molecular formula is C33H37FN6O3. The number of fused-ring (bicyclic) bond motifs is 1. The monoisotopic (exact) mass is 584 g/mol. The molecule has 2 atom stereocenters. The lowest BCUT2D eigenvalue weighted by molar-refractivity contribution is -0.120. The van der Waals surface area contributed by atoms with E-state index in [2.05, 4.69) is 15.6 Å². The lowest BCUT2D eigenvalue weighted by Crippen LogP contribution is -2.58. The molecule has 4 amide bonds. The number of amides is 4. The van der Waals surface area contributed by atoms with E-state index < -0.39 is 18.0 Å². The van der Waals surface area contributed by atoms with Gasteiger partial charge in [-0.2, -0.15) is 0 Å². The van der Waals surface area contributed by atoms with E-state index in [1.807, 2.05) is 80.6 Å². The van der Waals surface area contributed by atoms with Crippen molar-refractivity contribution in [3.8, 4) is 0 Å². The van der Waals surface area contributed by atoms with Gasteiger partial charge >= 0.3 is 6.03 Å². The molecule has 43 heavy (non-hydrogen) atoms. The first-order valence-corrected chi connectivity index (χ1v) is 14.3. The van der Waals surface area contributed by atoms with Crippen LogP contribution in [0.2, 0.25) is 0 Å². The van der Waals surface area contributed by atoms with Crippen LogP contribution in [0.25, 0.3) is 10.9 Å². The van der Waals surface area contributed by atoms with E-state index in [-0.39, 0.29) is 37.3 Å². The normalized spacial score (nSPS) is 15.1. The van der Waals surface area contributed by atoms with Crippen molar-refractivity contribution in [3.05, 3.63) is 95.4 Å². The number of carbonyl (C=O) groups is 3. The molecule has 0 radical (unpaired) electrons. The standard InChI is InChI=1S/C33H37FN6O3/c1-21-16-24(34)12-13-29(21)40-15-14-39(20-30(40)41)33(43)37-31(22(2)27-18-35-28-11-6-5-10-26(27)28)32(42)36-25-9-7-8-23(17-25)19-38(3)4/h5-13,16-18,22,31,35H,14-15,19-20H2,1-4H3,(H,36,42)(H,37,43)/t22-,31+/m0/s1. The molecule has 2 heterocycles. The average Bonchev–Trinajstić information content (AvgIpc) is 3.40. The summed E-state index contributed by atoms with van der Waals surface area (Å²) >= 11 is 0. The molecule has 10 heteroatoms. The van der Waals surface area contributed by atoms with E-state index >= 15 is 0 Å². The molecule has 1 aliphatic heterocycles. The van der Waals surface area contributed by atoms with Gasteiger partial charge in [-0.25, -0.2) is 9.18 Å². The summed E-state index contributed by atoms with van der Waals surface area (Å²) in [6, 6.07) is 18.3. The molecule has 1 fully saturated rings. The van der Waals surface area contributed by atoms with Gasteiger partial charge in [-0.05, 0) is 74.1 Å². The van der Waals surface area contributed by atoms with Crippen LogP contribution in [0.15, 0.2) is 72.9 Å². The van der Waals surface area contributed by atoms with Gasteiger partial charge in [-0.3, -0.25) is 9.59 Å². The van der Waals surface area contributed by atoms with E-state index in [1.54, 1.807) is 17.9 Å². The van der Waals surface area contributed by atoms with Crippen LogP contribution < -0.4 is 15.5 Å². The number of para-hydroxylation sites is 1. The number of urea groups is 1. The molecule has 224 valence electrons. The minimum absolute atomic E-state index is 0.162. The van der Waals surface area contributed by atoms with Crippen molar-refractivity contribution in [2.45, 2.75) is 32.4 Å². The number of nitrogens with one attached hydrogen (secondary N) is 3. The summed E-state index contributed by atoms with van der Waals surface area (Å²) in [6.45, 7) is 4.72. The number of benzene rings is 3. The van der Waals surface area contributed by atoms with Crippen molar-refractivity contribution in [1.82, 2.24) is 20.1 Å². The van der Waals surface area contributed by atoms with Gasteiger partial charge in [0.25, 0.3) is 0 Å². The van der Waals surface area contributed by atoms with Gasteiger partial charge in [-0.15, -0.1) is 0 Å². The zero-order valence-corrected chi connectivity index (χ0v) is 24.9. The van der Waals surface area contributed by atoms with Crippen molar-refractivity contribution in [1.29, 1.82) is 0 Å². The number of nitrogens with zero attached hydrogens (tertiary/aromatic N) is 3. The van der Waals surface area contributed by atoms with Crippen molar-refractivity contribution in [2.75, 3.05) is 43.9 Å². The average molecular weight is 585 g/mol. The Morgan fingerprint density at radius 1 is 1.05 bits per heavy atom. The minimum Gasteiger partial charge on any atom is -0.361 e. The SMILES string of the molecule is Cc1cc(F)ccc1N1CCN(C(=O)N[C@@H](C(=O)Nc2cccc(CN(C)C)c2)[C@@H](C)c2c[nH]c3ccccc23)CC1=O. The number of carbonyl (C=O) groups excluding carboxylic acids is 3. The number of hydrogen-bond donors (Lipinski definition) is 3. The molecule has 3 aromatic carbocycles. The molecule has 4 aromatic rings. The molecule has 1 aliphatic rings. The van der Waals surface area contributed by atoms with E-state index in [4.69, 9.17) is 0 Å². The minimum atomic E-state index is -0.934. The third kappa shape index (κ3) is 6.70. The Morgan fingerprint density at radius 3 is 2.58 bits per heavy atom. The smallest absolute Gasteiger partial charge is 0.318 e. The fraction of sp³-hybridized carbons (Fsp3) is 0.303. The second kappa shape index (κ2) is 12.7. The highest BCUT2D eigenvalue weighted by Crippen LogP contribution is 2.29. The number of aromatic nitrogens is 1. The number of H-pyrrole nitrogens is 1. The van der Waals surface area contributed by atoms with Crippen molar-refractivity contribution < 1.29 is 18.8 Å². The Morgan fingerprint density at radius 2 is 1.84 bits per heavy atom. The third-order valence-corrected chi connectivity index (χ3v) is 7.82. The Hall–Kier alpha value is -4.70. The van der Waals surface area contributed by atoms with Crippen molar-refractivity contribution in [3.63, 3.8) is 0 Å². The second-order valence-corrected chi connectivity index (χ2v) is 11.3. The van der Waals surface area contributed by atoms with E-state index in [1.165, 1.54) is 17.0 Å². The Bertz CT molecular complexity index is 1650. The Labute approximate surface area is 250 Å². The maximum absolute atomic E-state index is 13.8. The Balaban J connectivity index is 1.36. The van der Waals surface area contributed by atoms with Gasteiger partial charge in [-0.1, -0.05) is 37.3 Å². The van der Waals surface area contributed by atoms with Crippen LogP contribution >= 0.6 is 0 Å². The first-order valence-electron chi connectivity index (χ1n) is 14.3. The summed E-state index contributed by atoms with van der Waals surface area (Å²) in [5, 5.41) is 6.90. The van der Waals surface area contributed by atoms with Crippen LogP contribution in [0, 0.1) is 12.7 Å². The maximum Gasteiger partial charge on any atom is 0.318 e. The molecule has 3 N–H and O–H groups in total. The van der Waals surface area contributed by atoms with Gasteiger partial charge in [0.1, 0.15) is 18.4 Å². The van der Waals surface area contributed by atoms with E-state index in [0.29, 0.717) is 23.5 Å². The van der Waals surface area contributed by atoms with E-state index in [0.717, 1.165) is 22.0 Å². The summed E-state index contributed by atoms with van der Waals surface area (Å²) in [4.78, 5) is 48.8. The number of piperazine rings is 1. The number of aromatic amines is 1. The predicted molar refractivity (Wildman–Crippen MR) is 167 cm³/mol. The fourth-order valence-electron chi connectivity index (χ4n) is 5.65. The molecule has 0 aliphatic carbocycles. The number of anilines is 2. The van der Waals surface area contributed by atoms with Crippen LogP contribution in [0.4, 0.5) is 20.6 Å². The molecule has 1 aromatic heterocycles. The van der Waals surface area contributed by atoms with Gasteiger partial charge in [0.15, 0.2) is 0 Å². The van der Waals surface area contributed by atoms with Crippen LogP contribution in [0.1, 0.15) is 29.5 Å². The molecule has 9 nitrogen and oxygen atoms in total. The van der Waals surface area contributed by atoms with Gasteiger partial charge in [0, 0.05) is 54.0 Å². The highest BCUT2D eigenvalue weighted by atomic mass is 19.1. The molecular weight excluding hydrogens is 547 g/mol. The largest absolute Gasteiger partial charge is 0.361 e. The van der Waals surface area contributed by atoms with Crippen molar-refractivity contribution >= 4 is 40.1 Å². The molecule has 1 saturated heterocycles. The number of rotatable bonds is 8. The summed E-state index contributed by atoms with van der Waals surface area (Å²) in [6.07, 6.45) is 1.87. The quantitative estimate of drug-likeness (QED) is 0.276. The third-order valence-electron chi connectivity index (χ3n) is 7.82. The number of hydrogen-bond acceptors (Lipinski definition) is 4. The highest BCUT2D eigenvalue weighted by molar-refractivity contribution is 6.01. The lowest BCUT2D eigenvalue weighted by Gasteiger charge is -2.36. The number of halogens is 1.